The van der Waals surface area contributed by atoms with E-state index in [4.69, 9.17) is 4.42 Å². The van der Waals surface area contributed by atoms with E-state index in [9.17, 15) is 9.59 Å². The van der Waals surface area contributed by atoms with Crippen molar-refractivity contribution < 1.29 is 14.0 Å². The average molecular weight is 399 g/mol. The molecule has 0 saturated heterocycles. The van der Waals surface area contributed by atoms with Gasteiger partial charge in [-0.25, -0.2) is 4.98 Å². The maximum Gasteiger partial charge on any atom is 0.270 e. The van der Waals surface area contributed by atoms with Gasteiger partial charge in [0, 0.05) is 11.8 Å². The maximum absolute atomic E-state index is 12.9. The van der Waals surface area contributed by atoms with Crippen LogP contribution in [0.3, 0.4) is 0 Å². The van der Waals surface area contributed by atoms with E-state index in [0.717, 1.165) is 5.56 Å². The Balaban J connectivity index is 1.50. The molecule has 6 nitrogen and oxygen atoms in total. The lowest BCUT2D eigenvalue weighted by atomic mass is 9.98. The van der Waals surface area contributed by atoms with E-state index in [2.05, 4.69) is 15.8 Å². The van der Waals surface area contributed by atoms with Gasteiger partial charge in [-0.15, -0.1) is 0 Å². The molecule has 2 N–H and O–H groups in total. The second-order valence-electron chi connectivity index (χ2n) is 7.07. The van der Waals surface area contributed by atoms with Crippen LogP contribution in [0.25, 0.3) is 22.4 Å². The van der Waals surface area contributed by atoms with Crippen molar-refractivity contribution in [2.75, 3.05) is 0 Å². The number of benzene rings is 2. The fraction of sp³-hybridized carbons (Fsp3) is 0.125. The van der Waals surface area contributed by atoms with E-state index in [1.807, 2.05) is 61.5 Å². The Morgan fingerprint density at radius 2 is 1.73 bits per heavy atom. The van der Waals surface area contributed by atoms with Crippen LogP contribution in [0.4, 0.5) is 0 Å². The molecule has 0 radical (unpaired) electrons. The van der Waals surface area contributed by atoms with Gasteiger partial charge in [0.15, 0.2) is 5.76 Å². The van der Waals surface area contributed by atoms with E-state index in [1.54, 1.807) is 24.5 Å². The third-order valence-corrected chi connectivity index (χ3v) is 4.91. The fourth-order valence-corrected chi connectivity index (χ4v) is 3.34. The van der Waals surface area contributed by atoms with Gasteiger partial charge in [0.2, 0.25) is 5.91 Å². The molecule has 2 aromatic heterocycles. The quantitative estimate of drug-likeness (QED) is 0.486. The van der Waals surface area contributed by atoms with Crippen LogP contribution in [-0.4, -0.2) is 16.8 Å². The summed E-state index contributed by atoms with van der Waals surface area (Å²) in [6.07, 6.45) is 1.82. The Morgan fingerprint density at radius 3 is 2.50 bits per heavy atom. The van der Waals surface area contributed by atoms with Crippen LogP contribution in [0.5, 0.6) is 0 Å². The van der Waals surface area contributed by atoms with Crippen molar-refractivity contribution in [1.29, 1.82) is 0 Å². The lowest BCUT2D eigenvalue weighted by Gasteiger charge is -2.13. The van der Waals surface area contributed by atoms with Crippen LogP contribution >= 0.6 is 0 Å². The van der Waals surface area contributed by atoms with Crippen molar-refractivity contribution in [3.05, 3.63) is 90.2 Å². The minimum absolute atomic E-state index is 0.0374. The first-order valence-corrected chi connectivity index (χ1v) is 9.69. The van der Waals surface area contributed by atoms with Gasteiger partial charge in [-0.1, -0.05) is 55.5 Å². The molecule has 0 fully saturated rings. The molecule has 1 atom stereocenters. The molecule has 1 unspecified atom stereocenters. The van der Waals surface area contributed by atoms with Crippen LogP contribution in [0.1, 0.15) is 35.2 Å². The number of hydrazine groups is 1. The highest BCUT2D eigenvalue weighted by atomic mass is 16.3. The van der Waals surface area contributed by atoms with E-state index < -0.39 is 5.91 Å². The predicted octanol–water partition coefficient (Wildman–Crippen LogP) is 4.45. The minimum atomic E-state index is -0.415. The Kier molecular flexibility index (Phi) is 5.57. The van der Waals surface area contributed by atoms with Gasteiger partial charge in [-0.3, -0.25) is 20.4 Å². The Hall–Kier alpha value is -3.93. The van der Waals surface area contributed by atoms with Crippen molar-refractivity contribution in [2.24, 2.45) is 0 Å². The molecular weight excluding hydrogens is 378 g/mol. The number of hydrogen-bond acceptors (Lipinski definition) is 4. The molecule has 0 spiro atoms. The summed E-state index contributed by atoms with van der Waals surface area (Å²) in [6.45, 7) is 1.97. The minimum Gasteiger partial charge on any atom is -0.463 e. The highest BCUT2D eigenvalue weighted by Crippen LogP contribution is 2.25. The molecular formula is C24H21N3O3. The SMILES string of the molecule is CC(CC(=O)NNC(=O)c1cc(-c2ccco2)nc2ccccc12)c1ccccc1. The highest BCUT2D eigenvalue weighted by Gasteiger charge is 2.16. The summed E-state index contributed by atoms with van der Waals surface area (Å²) in [5, 5.41) is 0.692. The number of hydrogen-bond donors (Lipinski definition) is 2. The first kappa shape index (κ1) is 19.4. The third-order valence-electron chi connectivity index (χ3n) is 4.91. The van der Waals surface area contributed by atoms with Gasteiger partial charge >= 0.3 is 0 Å². The van der Waals surface area contributed by atoms with Crippen molar-refractivity contribution in [3.63, 3.8) is 0 Å². The molecule has 2 heterocycles. The maximum atomic E-state index is 12.9. The highest BCUT2D eigenvalue weighted by molar-refractivity contribution is 6.07. The van der Waals surface area contributed by atoms with E-state index in [0.29, 0.717) is 27.9 Å². The number of carbonyl (C=O) groups is 2. The van der Waals surface area contributed by atoms with Gasteiger partial charge in [0.25, 0.3) is 5.91 Å². The number of pyridine rings is 1. The fourth-order valence-electron chi connectivity index (χ4n) is 3.34. The summed E-state index contributed by atoms with van der Waals surface area (Å²) < 4.78 is 5.42. The molecule has 150 valence electrons. The standard InChI is InChI=1S/C24H21N3O3/c1-16(17-8-3-2-4-9-17)14-23(28)26-27-24(29)19-15-21(22-12-7-13-30-22)25-20-11-6-5-10-18(19)20/h2-13,15-16H,14H2,1H3,(H,26,28)(H,27,29). The van der Waals surface area contributed by atoms with Crippen molar-refractivity contribution in [2.45, 2.75) is 19.3 Å². The summed E-state index contributed by atoms with van der Waals surface area (Å²) in [7, 11) is 0. The Morgan fingerprint density at radius 1 is 0.967 bits per heavy atom. The van der Waals surface area contributed by atoms with Gasteiger partial charge in [-0.2, -0.15) is 0 Å². The molecule has 0 aliphatic heterocycles. The molecule has 2 aromatic carbocycles. The zero-order valence-electron chi connectivity index (χ0n) is 16.5. The van der Waals surface area contributed by atoms with Crippen LogP contribution in [0.15, 0.2) is 83.5 Å². The van der Waals surface area contributed by atoms with Crippen molar-refractivity contribution in [3.8, 4) is 11.5 Å². The smallest absolute Gasteiger partial charge is 0.270 e. The first-order valence-electron chi connectivity index (χ1n) is 9.69. The van der Waals surface area contributed by atoms with Gasteiger partial charge in [0.1, 0.15) is 5.69 Å². The molecule has 6 heteroatoms. The topological polar surface area (TPSA) is 84.2 Å². The van der Waals surface area contributed by atoms with Crippen LogP contribution in [0, 0.1) is 0 Å². The average Bonchev–Trinajstić information content (AvgIpc) is 3.32. The first-order chi connectivity index (χ1) is 14.6. The van der Waals surface area contributed by atoms with Crippen LogP contribution in [-0.2, 0) is 4.79 Å². The van der Waals surface area contributed by atoms with E-state index >= 15 is 0 Å². The number of para-hydroxylation sites is 1. The molecule has 0 saturated carbocycles. The van der Waals surface area contributed by atoms with Gasteiger partial charge in [-0.05, 0) is 35.7 Å². The largest absolute Gasteiger partial charge is 0.463 e. The van der Waals surface area contributed by atoms with E-state index in [-0.39, 0.29) is 18.2 Å². The second kappa shape index (κ2) is 8.61. The third kappa shape index (κ3) is 4.22. The molecule has 2 amide bonds. The van der Waals surface area contributed by atoms with E-state index in [1.165, 1.54) is 0 Å². The van der Waals surface area contributed by atoms with Crippen LogP contribution in [0.2, 0.25) is 0 Å². The van der Waals surface area contributed by atoms with Crippen molar-refractivity contribution >= 4 is 22.7 Å². The Bertz CT molecular complexity index is 1170. The molecule has 4 rings (SSSR count). The second-order valence-corrected chi connectivity index (χ2v) is 7.07. The van der Waals surface area contributed by atoms with Crippen LogP contribution < -0.4 is 10.9 Å². The molecule has 0 bridgehead atoms. The predicted molar refractivity (Wildman–Crippen MR) is 115 cm³/mol. The molecule has 0 aliphatic carbocycles. The zero-order chi connectivity index (χ0) is 20.9. The number of furan rings is 1. The lowest BCUT2D eigenvalue weighted by molar-refractivity contribution is -0.122. The number of fused-ring (bicyclic) bond motifs is 1. The normalized spacial score (nSPS) is 11.8. The number of nitrogens with zero attached hydrogens (tertiary/aromatic N) is 1. The van der Waals surface area contributed by atoms with Gasteiger partial charge in [0.05, 0.1) is 17.3 Å². The monoisotopic (exact) mass is 399 g/mol. The summed E-state index contributed by atoms with van der Waals surface area (Å²) in [5.41, 5.74) is 7.74. The summed E-state index contributed by atoms with van der Waals surface area (Å²) >= 11 is 0. The summed E-state index contributed by atoms with van der Waals surface area (Å²) in [5.74, 6) is -0.0719. The number of aromatic nitrogens is 1. The number of rotatable bonds is 5. The molecule has 30 heavy (non-hydrogen) atoms. The Labute approximate surface area is 173 Å². The number of carbonyl (C=O) groups excluding carboxylic acids is 2. The summed E-state index contributed by atoms with van der Waals surface area (Å²) in [6, 6.07) is 22.3. The summed E-state index contributed by atoms with van der Waals surface area (Å²) in [4.78, 5) is 29.8. The zero-order valence-corrected chi connectivity index (χ0v) is 16.5. The lowest BCUT2D eigenvalue weighted by Crippen LogP contribution is -2.42. The van der Waals surface area contributed by atoms with Crippen molar-refractivity contribution in [1.82, 2.24) is 15.8 Å². The molecule has 4 aromatic rings. The number of amides is 2. The molecule has 0 aliphatic rings. The van der Waals surface area contributed by atoms with Gasteiger partial charge < -0.3 is 4.42 Å². The number of nitrogens with one attached hydrogen (secondary N) is 2.